The molecule has 2 aromatic rings. The maximum Gasteiger partial charge on any atom is 0.227 e. The molecule has 0 fully saturated rings. The van der Waals surface area contributed by atoms with Crippen LogP contribution in [0.25, 0.3) is 0 Å². The first kappa shape index (κ1) is 13.6. The number of rotatable bonds is 5. The summed E-state index contributed by atoms with van der Waals surface area (Å²) in [5.74, 6) is 1.93. The van der Waals surface area contributed by atoms with E-state index in [0.29, 0.717) is 23.9 Å². The molecule has 8 heteroatoms. The molecule has 0 unspecified atom stereocenters. The topological polar surface area (TPSA) is 96.2 Å². The second-order valence-corrected chi connectivity index (χ2v) is 4.67. The molecule has 0 aliphatic heterocycles. The van der Waals surface area contributed by atoms with Crippen LogP contribution in [0.4, 0.5) is 0 Å². The Labute approximate surface area is 113 Å². The maximum atomic E-state index is 11.6. The lowest BCUT2D eigenvalue weighted by Gasteiger charge is -2.03. The minimum atomic E-state index is -0.204. The number of nitrogens with zero attached hydrogens (tertiary/aromatic N) is 3. The van der Waals surface area contributed by atoms with Crippen molar-refractivity contribution in [3.05, 3.63) is 34.1 Å². The molecule has 19 heavy (non-hydrogen) atoms. The van der Waals surface area contributed by atoms with Crippen LogP contribution in [-0.4, -0.2) is 21.9 Å². The Morgan fingerprint density at radius 2 is 2.32 bits per heavy atom. The number of methoxy groups -OCH3 is 1. The molecular formula is C11H14N4O3S. The Morgan fingerprint density at radius 1 is 1.53 bits per heavy atom. The van der Waals surface area contributed by atoms with Gasteiger partial charge in [-0.25, -0.2) is 0 Å². The van der Waals surface area contributed by atoms with E-state index in [-0.39, 0.29) is 11.2 Å². The van der Waals surface area contributed by atoms with Gasteiger partial charge in [-0.05, 0) is 0 Å². The first-order chi connectivity index (χ1) is 9.15. The third-order valence-electron chi connectivity index (χ3n) is 2.52. The number of aromatic nitrogens is 3. The molecule has 0 saturated heterocycles. The summed E-state index contributed by atoms with van der Waals surface area (Å²) in [5, 5.41) is 8.68. The monoisotopic (exact) mass is 282 g/mol. The van der Waals surface area contributed by atoms with Crippen molar-refractivity contribution in [2.24, 2.45) is 12.8 Å². The van der Waals surface area contributed by atoms with Crippen molar-refractivity contribution in [2.75, 3.05) is 7.11 Å². The predicted molar refractivity (Wildman–Crippen MR) is 70.0 cm³/mol. The molecule has 0 aliphatic rings. The third-order valence-corrected chi connectivity index (χ3v) is 3.57. The van der Waals surface area contributed by atoms with Crippen LogP contribution in [-0.2, 0) is 19.3 Å². The summed E-state index contributed by atoms with van der Waals surface area (Å²) in [5.41, 5.74) is 5.31. The standard InChI is InChI=1S/C11H14N4O3S/c1-15-10(4-12)13-14-11(15)19-6-7-3-8(16)9(17-2)5-18-7/h3,5H,4,6,12H2,1-2H3. The van der Waals surface area contributed by atoms with E-state index < -0.39 is 0 Å². The van der Waals surface area contributed by atoms with Crippen LogP contribution in [0.1, 0.15) is 11.6 Å². The number of nitrogens with two attached hydrogens (primary N) is 1. The molecule has 0 atom stereocenters. The molecule has 7 nitrogen and oxygen atoms in total. The zero-order valence-corrected chi connectivity index (χ0v) is 11.4. The van der Waals surface area contributed by atoms with Gasteiger partial charge >= 0.3 is 0 Å². The Bertz CT molecular complexity index is 623. The van der Waals surface area contributed by atoms with Crippen LogP contribution in [0.2, 0.25) is 0 Å². The van der Waals surface area contributed by atoms with Gasteiger partial charge in [0, 0.05) is 13.1 Å². The van der Waals surface area contributed by atoms with Crippen LogP contribution in [0.3, 0.4) is 0 Å². The fourth-order valence-corrected chi connectivity index (χ4v) is 2.27. The lowest BCUT2D eigenvalue weighted by molar-refractivity contribution is 0.381. The minimum absolute atomic E-state index is 0.192. The molecule has 0 saturated carbocycles. The molecule has 2 aromatic heterocycles. The normalized spacial score (nSPS) is 10.7. The average Bonchev–Trinajstić information content (AvgIpc) is 2.77. The van der Waals surface area contributed by atoms with Crippen molar-refractivity contribution >= 4 is 11.8 Å². The van der Waals surface area contributed by atoms with Crippen LogP contribution in [0.5, 0.6) is 5.75 Å². The van der Waals surface area contributed by atoms with Crippen LogP contribution < -0.4 is 15.9 Å². The van der Waals surface area contributed by atoms with Crippen molar-refractivity contribution < 1.29 is 9.15 Å². The smallest absolute Gasteiger partial charge is 0.227 e. The first-order valence-electron chi connectivity index (χ1n) is 5.52. The van der Waals surface area contributed by atoms with Crippen LogP contribution in [0, 0.1) is 0 Å². The molecule has 2 rings (SSSR count). The molecule has 0 radical (unpaired) electrons. The molecule has 0 bridgehead atoms. The molecule has 0 spiro atoms. The summed E-state index contributed by atoms with van der Waals surface area (Å²) < 4.78 is 12.0. The minimum Gasteiger partial charge on any atom is -0.490 e. The highest BCUT2D eigenvalue weighted by Crippen LogP contribution is 2.21. The fraction of sp³-hybridized carbons (Fsp3) is 0.364. The highest BCUT2D eigenvalue weighted by atomic mass is 32.2. The van der Waals surface area contributed by atoms with Crippen molar-refractivity contribution in [1.82, 2.24) is 14.8 Å². The zero-order chi connectivity index (χ0) is 13.8. The maximum absolute atomic E-state index is 11.6. The number of hydrogen-bond acceptors (Lipinski definition) is 7. The molecule has 0 aromatic carbocycles. The van der Waals surface area contributed by atoms with Gasteiger partial charge in [0.25, 0.3) is 0 Å². The Kier molecular flexibility index (Phi) is 4.23. The van der Waals surface area contributed by atoms with Gasteiger partial charge in [-0.2, -0.15) is 0 Å². The van der Waals surface area contributed by atoms with Gasteiger partial charge in [0.2, 0.25) is 11.2 Å². The van der Waals surface area contributed by atoms with Gasteiger partial charge in [0.05, 0.1) is 19.4 Å². The lowest BCUT2D eigenvalue weighted by atomic mass is 10.4. The summed E-state index contributed by atoms with van der Waals surface area (Å²) in [7, 11) is 3.27. The largest absolute Gasteiger partial charge is 0.490 e. The van der Waals surface area contributed by atoms with Crippen molar-refractivity contribution in [3.8, 4) is 5.75 Å². The molecule has 2 heterocycles. The summed E-state index contributed by atoms with van der Waals surface area (Å²) in [4.78, 5) is 11.6. The Hall–Kier alpha value is -1.80. The summed E-state index contributed by atoms with van der Waals surface area (Å²) in [6, 6.07) is 1.41. The van der Waals surface area contributed by atoms with Gasteiger partial charge in [0.1, 0.15) is 17.8 Å². The Morgan fingerprint density at radius 3 is 2.89 bits per heavy atom. The summed E-state index contributed by atoms with van der Waals surface area (Å²) in [6.07, 6.45) is 1.31. The second-order valence-electron chi connectivity index (χ2n) is 3.73. The van der Waals surface area contributed by atoms with E-state index in [0.717, 1.165) is 5.16 Å². The van der Waals surface area contributed by atoms with Crippen LogP contribution in [0.15, 0.2) is 26.7 Å². The number of hydrogen-bond donors (Lipinski definition) is 1. The van der Waals surface area contributed by atoms with Crippen LogP contribution >= 0.6 is 11.8 Å². The highest BCUT2D eigenvalue weighted by Gasteiger charge is 2.09. The number of thioether (sulfide) groups is 1. The van der Waals surface area contributed by atoms with Gasteiger partial charge in [-0.3, -0.25) is 4.79 Å². The van der Waals surface area contributed by atoms with Crippen molar-refractivity contribution in [3.63, 3.8) is 0 Å². The average molecular weight is 282 g/mol. The lowest BCUT2D eigenvalue weighted by Crippen LogP contribution is -2.06. The van der Waals surface area contributed by atoms with Gasteiger partial charge in [-0.1, -0.05) is 11.8 Å². The number of ether oxygens (including phenoxy) is 1. The zero-order valence-electron chi connectivity index (χ0n) is 10.6. The van der Waals surface area contributed by atoms with E-state index in [4.69, 9.17) is 14.9 Å². The molecular weight excluding hydrogens is 268 g/mol. The highest BCUT2D eigenvalue weighted by molar-refractivity contribution is 7.98. The van der Waals surface area contributed by atoms with Crippen molar-refractivity contribution in [2.45, 2.75) is 17.5 Å². The summed E-state index contributed by atoms with van der Waals surface area (Å²) >= 11 is 1.42. The van der Waals surface area contributed by atoms with Gasteiger partial charge in [0.15, 0.2) is 5.16 Å². The van der Waals surface area contributed by atoms with Crippen molar-refractivity contribution in [1.29, 1.82) is 0 Å². The van der Waals surface area contributed by atoms with Gasteiger partial charge < -0.3 is 19.5 Å². The molecule has 102 valence electrons. The first-order valence-corrected chi connectivity index (χ1v) is 6.51. The predicted octanol–water partition coefficient (Wildman–Crippen LogP) is 0.528. The SMILES string of the molecule is COc1coc(CSc2nnc(CN)n2C)cc1=O. The van der Waals surface area contributed by atoms with E-state index in [9.17, 15) is 4.79 Å². The van der Waals surface area contributed by atoms with Gasteiger partial charge in [-0.15, -0.1) is 10.2 Å². The third kappa shape index (κ3) is 2.96. The molecule has 0 amide bonds. The van der Waals surface area contributed by atoms with E-state index in [1.807, 2.05) is 11.6 Å². The summed E-state index contributed by atoms with van der Waals surface area (Å²) in [6.45, 7) is 0.335. The van der Waals surface area contributed by atoms with E-state index in [2.05, 4.69) is 10.2 Å². The second kappa shape index (κ2) is 5.89. The molecule has 2 N–H and O–H groups in total. The van der Waals surface area contributed by atoms with E-state index in [1.165, 1.54) is 31.2 Å². The quantitative estimate of drug-likeness (QED) is 0.799. The van der Waals surface area contributed by atoms with E-state index >= 15 is 0 Å². The fourth-order valence-electron chi connectivity index (χ4n) is 1.45. The Balaban J connectivity index is 2.08. The molecule has 0 aliphatic carbocycles. The van der Waals surface area contributed by atoms with E-state index in [1.54, 1.807) is 0 Å².